The average Bonchev–Trinajstić information content (AvgIpc) is 3.23. The lowest BCUT2D eigenvalue weighted by atomic mass is 10.1. The highest BCUT2D eigenvalue weighted by atomic mass is 16.6. The van der Waals surface area contributed by atoms with Crippen molar-refractivity contribution in [2.75, 3.05) is 46.1 Å². The average molecular weight is 830 g/mol. The highest BCUT2D eigenvalue weighted by molar-refractivity contribution is 5.71. The molecule has 0 aromatic rings. The van der Waals surface area contributed by atoms with E-state index < -0.39 is 0 Å². The Hall–Kier alpha value is -3.20. The molecule has 0 aliphatic rings. The molecule has 0 amide bonds. The second kappa shape index (κ2) is 45.9. The zero-order chi connectivity index (χ0) is 43.1. The second-order valence-corrected chi connectivity index (χ2v) is 15.5. The molecule has 9 heteroatoms. The topological polar surface area (TPSA) is 108 Å². The first-order chi connectivity index (χ1) is 28.9. The first kappa shape index (κ1) is 55.8. The van der Waals surface area contributed by atoms with Crippen LogP contribution in [0.2, 0.25) is 0 Å². The Balaban J connectivity index is 3.85. The molecule has 0 saturated heterocycles. The standard InChI is InChI=1S/C50H87NO8/c1-4-7-10-12-14-16-18-20-22-24-26-28-30-32-34-36-47(52)56-43-45-58-49(54)38-41-51(40-9-6-3)42-39-50(55)59-46-44-57-48(53)37-35-33-31-29-27-25-23-21-19-17-15-13-11-8-5-2/h14-17,20-23H,4-13,18-19,24-46H2,1-3H3/b16-14-,17-15-,22-20-,23-21-. The predicted molar refractivity (Wildman–Crippen MR) is 243 cm³/mol. The van der Waals surface area contributed by atoms with Crippen LogP contribution in [0.5, 0.6) is 0 Å². The number of unbranched alkanes of at least 4 members (excludes halogenated alkanes) is 17. The molecule has 0 aromatic heterocycles. The number of carbonyl (C=O) groups excluding carboxylic acids is 4. The molecular formula is C50H87NO8. The van der Waals surface area contributed by atoms with Crippen molar-refractivity contribution < 1.29 is 38.1 Å². The Morgan fingerprint density at radius 2 is 0.644 bits per heavy atom. The number of esters is 4. The van der Waals surface area contributed by atoms with E-state index in [2.05, 4.69) is 74.3 Å². The minimum Gasteiger partial charge on any atom is -0.462 e. The Kier molecular flexibility index (Phi) is 43.4. The lowest BCUT2D eigenvalue weighted by Crippen LogP contribution is -2.31. The summed E-state index contributed by atoms with van der Waals surface area (Å²) in [4.78, 5) is 50.8. The third kappa shape index (κ3) is 44.2. The molecule has 340 valence electrons. The van der Waals surface area contributed by atoms with Crippen LogP contribution in [0.15, 0.2) is 48.6 Å². The number of allylic oxidation sites excluding steroid dienone is 8. The van der Waals surface area contributed by atoms with E-state index in [0.29, 0.717) is 25.9 Å². The molecule has 0 spiro atoms. The van der Waals surface area contributed by atoms with Crippen molar-refractivity contribution in [2.24, 2.45) is 0 Å². The smallest absolute Gasteiger partial charge is 0.307 e. The van der Waals surface area contributed by atoms with E-state index >= 15 is 0 Å². The second-order valence-electron chi connectivity index (χ2n) is 15.5. The summed E-state index contributed by atoms with van der Waals surface area (Å²) >= 11 is 0. The number of rotatable bonds is 43. The monoisotopic (exact) mass is 830 g/mol. The summed E-state index contributed by atoms with van der Waals surface area (Å²) in [5.74, 6) is -1.23. The SMILES string of the molecule is CCCCC/C=C\C/C=C\CCCCCCCC(=O)OCCOC(=O)CCN(CCCC)CCC(=O)OCCOC(=O)CCCCCCC/C=C\C/C=C\CCCCC. The first-order valence-corrected chi connectivity index (χ1v) is 23.9. The molecule has 0 N–H and O–H groups in total. The van der Waals surface area contributed by atoms with Crippen molar-refractivity contribution in [3.63, 3.8) is 0 Å². The van der Waals surface area contributed by atoms with Gasteiger partial charge in [0, 0.05) is 25.9 Å². The van der Waals surface area contributed by atoms with Crippen LogP contribution in [0.1, 0.15) is 201 Å². The van der Waals surface area contributed by atoms with Gasteiger partial charge < -0.3 is 23.8 Å². The molecule has 9 nitrogen and oxygen atoms in total. The lowest BCUT2D eigenvalue weighted by molar-refractivity contribution is -0.153. The van der Waals surface area contributed by atoms with Gasteiger partial charge in [0.05, 0.1) is 12.8 Å². The van der Waals surface area contributed by atoms with E-state index in [9.17, 15) is 19.2 Å². The minimum atomic E-state index is -0.361. The molecule has 0 atom stereocenters. The molecule has 0 aromatic carbocycles. The van der Waals surface area contributed by atoms with E-state index in [-0.39, 0.29) is 63.1 Å². The van der Waals surface area contributed by atoms with Crippen LogP contribution in [-0.2, 0) is 38.1 Å². The third-order valence-electron chi connectivity index (χ3n) is 9.97. The van der Waals surface area contributed by atoms with Gasteiger partial charge in [-0.2, -0.15) is 0 Å². The van der Waals surface area contributed by atoms with Gasteiger partial charge in [-0.3, -0.25) is 19.2 Å². The van der Waals surface area contributed by atoms with Crippen LogP contribution in [0.25, 0.3) is 0 Å². The van der Waals surface area contributed by atoms with Gasteiger partial charge in [0.1, 0.15) is 26.4 Å². The maximum atomic E-state index is 12.3. The van der Waals surface area contributed by atoms with E-state index in [1.165, 1.54) is 77.0 Å². The molecule has 0 rings (SSSR count). The van der Waals surface area contributed by atoms with Gasteiger partial charge in [-0.05, 0) is 90.0 Å². The molecule has 0 saturated carbocycles. The van der Waals surface area contributed by atoms with Gasteiger partial charge in [0.15, 0.2) is 0 Å². The summed E-state index contributed by atoms with van der Waals surface area (Å²) in [6.45, 7) is 8.42. The highest BCUT2D eigenvalue weighted by Crippen LogP contribution is 2.11. The Bertz CT molecular complexity index is 1030. The molecule has 0 heterocycles. The molecule has 0 fully saturated rings. The van der Waals surface area contributed by atoms with Gasteiger partial charge >= 0.3 is 23.9 Å². The van der Waals surface area contributed by atoms with Crippen molar-refractivity contribution in [1.82, 2.24) is 4.90 Å². The van der Waals surface area contributed by atoms with Crippen molar-refractivity contribution in [3.8, 4) is 0 Å². The van der Waals surface area contributed by atoms with Crippen LogP contribution in [-0.4, -0.2) is 74.8 Å². The van der Waals surface area contributed by atoms with Crippen LogP contribution in [0, 0.1) is 0 Å². The highest BCUT2D eigenvalue weighted by Gasteiger charge is 2.13. The number of hydrogen-bond acceptors (Lipinski definition) is 9. The molecule has 0 unspecified atom stereocenters. The van der Waals surface area contributed by atoms with Crippen LogP contribution >= 0.6 is 0 Å². The zero-order valence-corrected chi connectivity index (χ0v) is 38.1. The fourth-order valence-electron chi connectivity index (χ4n) is 6.29. The summed E-state index contributed by atoms with van der Waals surface area (Å²) in [5, 5.41) is 0. The normalized spacial score (nSPS) is 11.8. The van der Waals surface area contributed by atoms with Crippen LogP contribution < -0.4 is 0 Å². The van der Waals surface area contributed by atoms with Crippen molar-refractivity contribution in [2.45, 2.75) is 201 Å². The van der Waals surface area contributed by atoms with Crippen molar-refractivity contribution in [3.05, 3.63) is 48.6 Å². The molecular weight excluding hydrogens is 743 g/mol. The molecule has 0 aliphatic carbocycles. The van der Waals surface area contributed by atoms with Crippen LogP contribution in [0.4, 0.5) is 0 Å². The lowest BCUT2D eigenvalue weighted by Gasteiger charge is -2.21. The van der Waals surface area contributed by atoms with Gasteiger partial charge in [0.2, 0.25) is 0 Å². The first-order valence-electron chi connectivity index (χ1n) is 23.9. The maximum Gasteiger partial charge on any atom is 0.307 e. The summed E-state index contributed by atoms with van der Waals surface area (Å²) in [6.07, 6.45) is 46.1. The summed E-state index contributed by atoms with van der Waals surface area (Å²) in [5.41, 5.74) is 0. The summed E-state index contributed by atoms with van der Waals surface area (Å²) in [6, 6.07) is 0. The van der Waals surface area contributed by atoms with Crippen molar-refractivity contribution >= 4 is 23.9 Å². The van der Waals surface area contributed by atoms with Crippen LogP contribution in [0.3, 0.4) is 0 Å². The fourth-order valence-corrected chi connectivity index (χ4v) is 6.29. The van der Waals surface area contributed by atoms with E-state index in [0.717, 1.165) is 83.6 Å². The zero-order valence-electron chi connectivity index (χ0n) is 38.1. The number of ether oxygens (including phenoxy) is 4. The third-order valence-corrected chi connectivity index (χ3v) is 9.97. The van der Waals surface area contributed by atoms with Gasteiger partial charge in [-0.15, -0.1) is 0 Å². The molecule has 0 bridgehead atoms. The van der Waals surface area contributed by atoms with E-state index in [1.807, 2.05) is 0 Å². The Labute approximate surface area is 361 Å². The number of nitrogens with zero attached hydrogens (tertiary/aromatic N) is 1. The Morgan fingerprint density at radius 1 is 0.339 bits per heavy atom. The van der Waals surface area contributed by atoms with E-state index in [4.69, 9.17) is 18.9 Å². The number of hydrogen-bond donors (Lipinski definition) is 0. The predicted octanol–water partition coefficient (Wildman–Crippen LogP) is 12.7. The van der Waals surface area contributed by atoms with Gasteiger partial charge in [-0.25, -0.2) is 0 Å². The largest absolute Gasteiger partial charge is 0.462 e. The summed E-state index contributed by atoms with van der Waals surface area (Å²) in [7, 11) is 0. The maximum absolute atomic E-state index is 12.3. The minimum absolute atomic E-state index is 0.0362. The van der Waals surface area contributed by atoms with E-state index in [1.54, 1.807) is 0 Å². The molecule has 0 aliphatic heterocycles. The molecule has 59 heavy (non-hydrogen) atoms. The molecule has 0 radical (unpaired) electrons. The fraction of sp³-hybridized carbons (Fsp3) is 0.760. The van der Waals surface area contributed by atoms with Gasteiger partial charge in [0.25, 0.3) is 0 Å². The Morgan fingerprint density at radius 3 is 1.00 bits per heavy atom. The summed E-state index contributed by atoms with van der Waals surface area (Å²) < 4.78 is 21.0. The van der Waals surface area contributed by atoms with Gasteiger partial charge in [-0.1, -0.05) is 140 Å². The number of carbonyl (C=O) groups is 4. The van der Waals surface area contributed by atoms with Crippen molar-refractivity contribution in [1.29, 1.82) is 0 Å². The quantitative estimate of drug-likeness (QED) is 0.0257.